The molecule has 0 aromatic carbocycles. The molecule has 2 unspecified atom stereocenters. The molecule has 0 radical (unpaired) electrons. The molecule has 0 bridgehead atoms. The third-order valence-electron chi connectivity index (χ3n) is 3.77. The van der Waals surface area contributed by atoms with Gasteiger partial charge in [0.25, 0.3) is 0 Å². The van der Waals surface area contributed by atoms with Crippen LogP contribution in [0, 0.1) is 5.92 Å². The van der Waals surface area contributed by atoms with Crippen LogP contribution in [0.1, 0.15) is 32.6 Å². The van der Waals surface area contributed by atoms with Crippen LogP contribution in [0.3, 0.4) is 0 Å². The van der Waals surface area contributed by atoms with E-state index in [0.717, 1.165) is 25.9 Å². The quantitative estimate of drug-likeness (QED) is 0.600. The Kier molecular flexibility index (Phi) is 2.15. The van der Waals surface area contributed by atoms with Gasteiger partial charge in [0.2, 0.25) is 0 Å². The van der Waals surface area contributed by atoms with Crippen LogP contribution in [0.4, 0.5) is 0 Å². The van der Waals surface area contributed by atoms with Crippen LogP contribution in [0.2, 0.25) is 0 Å². The molecule has 0 aromatic rings. The summed E-state index contributed by atoms with van der Waals surface area (Å²) >= 11 is 0. The monoisotopic (exact) mass is 203 g/mol. The van der Waals surface area contributed by atoms with E-state index < -0.39 is 0 Å². The lowest BCUT2D eigenvalue weighted by atomic mass is 9.76. The van der Waals surface area contributed by atoms with Crippen molar-refractivity contribution in [3.8, 4) is 0 Å². The van der Waals surface area contributed by atoms with E-state index in [-0.39, 0.29) is 0 Å². The van der Waals surface area contributed by atoms with Crippen molar-refractivity contribution in [1.82, 2.24) is 0 Å². The van der Waals surface area contributed by atoms with Gasteiger partial charge in [-0.05, 0) is 17.6 Å². The minimum atomic E-state index is 0.434. The Hall–Kier alpha value is -1.05. The highest BCUT2D eigenvalue weighted by atomic mass is 16.5. The molecule has 0 amide bonds. The van der Waals surface area contributed by atoms with E-state index in [1.807, 2.05) is 0 Å². The number of hydrogen-bond donors (Lipinski definition) is 0. The summed E-state index contributed by atoms with van der Waals surface area (Å²) in [6.45, 7) is 3.16. The van der Waals surface area contributed by atoms with Gasteiger partial charge in [-0.15, -0.1) is 0 Å². The fourth-order valence-electron chi connectivity index (χ4n) is 3.05. The molecule has 2 atom stereocenters. The number of aliphatic imine (C=N–C) groups is 1. The molecule has 3 rings (SSSR count). The second-order valence-corrected chi connectivity index (χ2v) is 4.53. The second-order valence-electron chi connectivity index (χ2n) is 4.53. The number of ether oxygens (including phenoxy) is 1. The van der Waals surface area contributed by atoms with Crippen molar-refractivity contribution in [3.63, 3.8) is 0 Å². The Bertz CT molecular complexity index is 365. The Morgan fingerprint density at radius 2 is 2.47 bits per heavy atom. The first-order chi connectivity index (χ1) is 7.40. The van der Waals surface area contributed by atoms with Gasteiger partial charge in [0.15, 0.2) is 0 Å². The minimum absolute atomic E-state index is 0.434. The average Bonchev–Trinajstić information content (AvgIpc) is 2.73. The SMILES string of the molecule is CCC1C2=C(CC3=CCC=NC31)OCC2. The van der Waals surface area contributed by atoms with Crippen LogP contribution in [0.5, 0.6) is 0 Å². The van der Waals surface area contributed by atoms with E-state index in [1.165, 1.54) is 17.8 Å². The number of allylic oxidation sites excluding steroid dienone is 2. The van der Waals surface area contributed by atoms with Gasteiger partial charge in [0, 0.05) is 31.4 Å². The summed E-state index contributed by atoms with van der Waals surface area (Å²) < 4.78 is 5.72. The van der Waals surface area contributed by atoms with Crippen LogP contribution in [-0.4, -0.2) is 18.9 Å². The molecule has 0 spiro atoms. The number of nitrogens with zero attached hydrogens (tertiary/aromatic N) is 1. The summed E-state index contributed by atoms with van der Waals surface area (Å²) in [5, 5.41) is 0. The van der Waals surface area contributed by atoms with E-state index in [9.17, 15) is 0 Å². The first kappa shape index (κ1) is 9.20. The van der Waals surface area contributed by atoms with Crippen molar-refractivity contribution >= 4 is 6.21 Å². The number of hydrogen-bond acceptors (Lipinski definition) is 2. The van der Waals surface area contributed by atoms with Gasteiger partial charge >= 0.3 is 0 Å². The van der Waals surface area contributed by atoms with Crippen molar-refractivity contribution in [2.75, 3.05) is 6.61 Å². The Morgan fingerprint density at radius 1 is 1.53 bits per heavy atom. The van der Waals surface area contributed by atoms with E-state index in [1.54, 1.807) is 5.57 Å². The third kappa shape index (κ3) is 1.35. The summed E-state index contributed by atoms with van der Waals surface area (Å²) in [6.07, 6.45) is 8.75. The zero-order chi connectivity index (χ0) is 10.3. The molecule has 0 aromatic heterocycles. The molecule has 1 aliphatic carbocycles. The molecule has 15 heavy (non-hydrogen) atoms. The zero-order valence-electron chi connectivity index (χ0n) is 9.20. The molecule has 0 saturated carbocycles. The Balaban J connectivity index is 2.00. The van der Waals surface area contributed by atoms with Gasteiger partial charge in [-0.2, -0.15) is 0 Å². The van der Waals surface area contributed by atoms with Crippen LogP contribution < -0.4 is 0 Å². The zero-order valence-corrected chi connectivity index (χ0v) is 9.20. The predicted molar refractivity (Wildman–Crippen MR) is 61.0 cm³/mol. The maximum atomic E-state index is 5.72. The lowest BCUT2D eigenvalue weighted by Gasteiger charge is -2.32. The van der Waals surface area contributed by atoms with Crippen molar-refractivity contribution in [1.29, 1.82) is 0 Å². The Morgan fingerprint density at radius 3 is 3.33 bits per heavy atom. The fourth-order valence-corrected chi connectivity index (χ4v) is 3.05. The largest absolute Gasteiger partial charge is 0.497 e. The van der Waals surface area contributed by atoms with Crippen LogP contribution in [0.25, 0.3) is 0 Å². The molecule has 2 heteroatoms. The first-order valence-corrected chi connectivity index (χ1v) is 5.95. The third-order valence-corrected chi connectivity index (χ3v) is 3.77. The van der Waals surface area contributed by atoms with Gasteiger partial charge in [-0.3, -0.25) is 4.99 Å². The van der Waals surface area contributed by atoms with Crippen LogP contribution in [-0.2, 0) is 4.74 Å². The highest BCUT2D eigenvalue weighted by Gasteiger charge is 2.36. The molecule has 2 heterocycles. The van der Waals surface area contributed by atoms with Gasteiger partial charge in [-0.1, -0.05) is 13.0 Å². The predicted octanol–water partition coefficient (Wildman–Crippen LogP) is 2.86. The highest BCUT2D eigenvalue weighted by Crippen LogP contribution is 2.43. The lowest BCUT2D eigenvalue weighted by molar-refractivity contribution is 0.235. The van der Waals surface area contributed by atoms with E-state index >= 15 is 0 Å². The van der Waals surface area contributed by atoms with E-state index in [4.69, 9.17) is 4.74 Å². The molecule has 0 saturated heterocycles. The Labute approximate surface area is 90.7 Å². The average molecular weight is 203 g/mol. The first-order valence-electron chi connectivity index (χ1n) is 5.95. The van der Waals surface area contributed by atoms with Crippen molar-refractivity contribution < 1.29 is 4.74 Å². The number of dihydropyridines is 1. The molecule has 0 fully saturated rings. The molecule has 2 nitrogen and oxygen atoms in total. The standard InChI is InChI=1S/C13H17NO/c1-2-10-11-5-7-15-12(11)8-9-4-3-6-14-13(9)10/h4,6,10,13H,2-3,5,7-8H2,1H3. The van der Waals surface area contributed by atoms with Gasteiger partial charge < -0.3 is 4.74 Å². The topological polar surface area (TPSA) is 21.6 Å². The minimum Gasteiger partial charge on any atom is -0.497 e. The highest BCUT2D eigenvalue weighted by molar-refractivity contribution is 5.63. The maximum absolute atomic E-state index is 5.72. The maximum Gasteiger partial charge on any atom is 0.0998 e. The van der Waals surface area contributed by atoms with E-state index in [2.05, 4.69) is 24.2 Å². The number of fused-ring (bicyclic) bond motifs is 1. The van der Waals surface area contributed by atoms with Crippen molar-refractivity contribution in [2.24, 2.45) is 10.9 Å². The summed E-state index contributed by atoms with van der Waals surface area (Å²) in [5.74, 6) is 1.88. The molecule has 80 valence electrons. The van der Waals surface area contributed by atoms with Gasteiger partial charge in [0.1, 0.15) is 0 Å². The molecule has 0 N–H and O–H groups in total. The summed E-state index contributed by atoms with van der Waals surface area (Å²) in [4.78, 5) is 4.68. The second kappa shape index (κ2) is 3.51. The molecule has 3 aliphatic rings. The van der Waals surface area contributed by atoms with Crippen LogP contribution in [0.15, 0.2) is 28.0 Å². The van der Waals surface area contributed by atoms with Gasteiger partial charge in [-0.25, -0.2) is 0 Å². The smallest absolute Gasteiger partial charge is 0.0998 e. The summed E-state index contributed by atoms with van der Waals surface area (Å²) in [5.41, 5.74) is 3.05. The fraction of sp³-hybridized carbons (Fsp3) is 0.615. The molecular weight excluding hydrogens is 186 g/mol. The number of rotatable bonds is 1. The van der Waals surface area contributed by atoms with Gasteiger partial charge in [0.05, 0.1) is 18.4 Å². The van der Waals surface area contributed by atoms with Crippen LogP contribution >= 0.6 is 0 Å². The lowest BCUT2D eigenvalue weighted by Crippen LogP contribution is -2.28. The normalized spacial score (nSPS) is 33.3. The summed E-state index contributed by atoms with van der Waals surface area (Å²) in [7, 11) is 0. The van der Waals surface area contributed by atoms with Crippen molar-refractivity contribution in [2.45, 2.75) is 38.6 Å². The summed E-state index contributed by atoms with van der Waals surface area (Å²) in [6, 6.07) is 0.434. The van der Waals surface area contributed by atoms with Crippen molar-refractivity contribution in [3.05, 3.63) is 23.0 Å². The molecule has 2 aliphatic heterocycles. The molecular formula is C13H17NO. The van der Waals surface area contributed by atoms with E-state index in [0.29, 0.717) is 12.0 Å².